The highest BCUT2D eigenvalue weighted by Crippen LogP contribution is 2.28. The summed E-state index contributed by atoms with van der Waals surface area (Å²) in [5.74, 6) is -0.198. The SMILES string of the molecule is COc1ccccc1C(=O)Nc1ccc2nc(N3CCCCC3)cc(C(=O)O)c2c1. The molecule has 3 aromatic rings. The van der Waals surface area contributed by atoms with Crippen LogP contribution in [0.3, 0.4) is 0 Å². The van der Waals surface area contributed by atoms with Gasteiger partial charge in [0.15, 0.2) is 0 Å². The van der Waals surface area contributed by atoms with Gasteiger partial charge in [0.1, 0.15) is 11.6 Å². The molecule has 0 spiro atoms. The van der Waals surface area contributed by atoms with Gasteiger partial charge in [-0.05, 0) is 55.7 Å². The quantitative estimate of drug-likeness (QED) is 0.662. The summed E-state index contributed by atoms with van der Waals surface area (Å²) >= 11 is 0. The molecule has 30 heavy (non-hydrogen) atoms. The molecular weight excluding hydrogens is 382 g/mol. The Morgan fingerprint density at radius 2 is 1.80 bits per heavy atom. The highest BCUT2D eigenvalue weighted by Gasteiger charge is 2.19. The lowest BCUT2D eigenvalue weighted by Crippen LogP contribution is -2.30. The normalized spacial score (nSPS) is 13.8. The number of nitrogens with zero attached hydrogens (tertiary/aromatic N) is 2. The first-order chi connectivity index (χ1) is 14.6. The Balaban J connectivity index is 1.68. The molecule has 1 aliphatic heterocycles. The third kappa shape index (κ3) is 3.91. The first-order valence-corrected chi connectivity index (χ1v) is 9.94. The molecular formula is C23H23N3O4. The number of nitrogens with one attached hydrogen (secondary N) is 1. The van der Waals surface area contributed by atoms with Gasteiger partial charge in [0.25, 0.3) is 5.91 Å². The van der Waals surface area contributed by atoms with Crippen LogP contribution in [0, 0.1) is 0 Å². The van der Waals surface area contributed by atoms with Gasteiger partial charge in [0, 0.05) is 24.2 Å². The van der Waals surface area contributed by atoms with Crippen LogP contribution in [0.5, 0.6) is 5.75 Å². The van der Waals surface area contributed by atoms with Gasteiger partial charge in [-0.3, -0.25) is 4.79 Å². The minimum atomic E-state index is -1.02. The number of carbonyl (C=O) groups excluding carboxylic acids is 1. The molecule has 1 amide bonds. The van der Waals surface area contributed by atoms with Crippen molar-refractivity contribution in [1.29, 1.82) is 0 Å². The van der Waals surface area contributed by atoms with Crippen molar-refractivity contribution < 1.29 is 19.4 Å². The second-order valence-corrected chi connectivity index (χ2v) is 7.27. The van der Waals surface area contributed by atoms with E-state index in [-0.39, 0.29) is 11.5 Å². The summed E-state index contributed by atoms with van der Waals surface area (Å²) in [5, 5.41) is 13.1. The number of ether oxygens (including phenoxy) is 1. The zero-order chi connectivity index (χ0) is 21.1. The number of carboxylic acid groups (broad SMARTS) is 1. The second kappa shape index (κ2) is 8.41. The van der Waals surface area contributed by atoms with Gasteiger partial charge in [-0.15, -0.1) is 0 Å². The van der Waals surface area contributed by atoms with E-state index in [0.29, 0.717) is 33.7 Å². The van der Waals surface area contributed by atoms with E-state index in [4.69, 9.17) is 4.74 Å². The number of aromatic carboxylic acids is 1. The third-order valence-corrected chi connectivity index (χ3v) is 5.32. The standard InChI is InChI=1S/C23H23N3O4/c1-30-20-8-4-3-7-16(20)22(27)24-15-9-10-19-17(13-15)18(23(28)29)14-21(25-19)26-11-5-2-6-12-26/h3-4,7-10,13-14H,2,5-6,11-12H2,1H3,(H,24,27)(H,28,29). The van der Waals surface area contributed by atoms with Crippen molar-refractivity contribution in [3.8, 4) is 5.75 Å². The Hall–Kier alpha value is -3.61. The number of piperidine rings is 1. The molecule has 0 bridgehead atoms. The molecule has 1 aromatic heterocycles. The molecule has 0 unspecified atom stereocenters. The van der Waals surface area contributed by atoms with Crippen LogP contribution in [0.4, 0.5) is 11.5 Å². The number of fused-ring (bicyclic) bond motifs is 1. The van der Waals surface area contributed by atoms with Crippen LogP contribution in [0.2, 0.25) is 0 Å². The van der Waals surface area contributed by atoms with E-state index >= 15 is 0 Å². The predicted molar refractivity (Wildman–Crippen MR) is 116 cm³/mol. The van der Waals surface area contributed by atoms with Gasteiger partial charge in [-0.2, -0.15) is 0 Å². The van der Waals surface area contributed by atoms with Crippen LogP contribution in [0.15, 0.2) is 48.5 Å². The minimum Gasteiger partial charge on any atom is -0.496 e. The van der Waals surface area contributed by atoms with Crippen molar-refractivity contribution in [2.45, 2.75) is 19.3 Å². The molecule has 4 rings (SSSR count). The Morgan fingerprint density at radius 1 is 1.03 bits per heavy atom. The summed E-state index contributed by atoms with van der Waals surface area (Å²) in [4.78, 5) is 31.4. The van der Waals surface area contributed by atoms with Crippen molar-refractivity contribution in [2.24, 2.45) is 0 Å². The topological polar surface area (TPSA) is 91.8 Å². The van der Waals surface area contributed by atoms with E-state index < -0.39 is 5.97 Å². The van der Waals surface area contributed by atoms with Gasteiger partial charge < -0.3 is 20.1 Å². The van der Waals surface area contributed by atoms with Crippen LogP contribution in [0.25, 0.3) is 10.9 Å². The van der Waals surface area contributed by atoms with Crippen LogP contribution in [-0.4, -0.2) is 42.2 Å². The molecule has 1 aliphatic rings. The number of hydrogen-bond donors (Lipinski definition) is 2. The molecule has 0 radical (unpaired) electrons. The number of anilines is 2. The number of para-hydroxylation sites is 1. The van der Waals surface area contributed by atoms with E-state index in [2.05, 4.69) is 15.2 Å². The zero-order valence-electron chi connectivity index (χ0n) is 16.7. The average molecular weight is 405 g/mol. The third-order valence-electron chi connectivity index (χ3n) is 5.32. The lowest BCUT2D eigenvalue weighted by Gasteiger charge is -2.28. The number of methoxy groups -OCH3 is 1. The van der Waals surface area contributed by atoms with Crippen LogP contribution in [-0.2, 0) is 0 Å². The van der Waals surface area contributed by atoms with Gasteiger partial charge in [-0.1, -0.05) is 12.1 Å². The monoisotopic (exact) mass is 405 g/mol. The maximum absolute atomic E-state index is 12.7. The van der Waals surface area contributed by atoms with Gasteiger partial charge in [0.05, 0.1) is 23.8 Å². The number of carboxylic acids is 1. The largest absolute Gasteiger partial charge is 0.496 e. The Labute approximate surface area is 174 Å². The molecule has 1 saturated heterocycles. The van der Waals surface area contributed by atoms with Crippen LogP contribution >= 0.6 is 0 Å². The Morgan fingerprint density at radius 3 is 2.53 bits per heavy atom. The van der Waals surface area contributed by atoms with E-state index in [1.165, 1.54) is 13.5 Å². The van der Waals surface area contributed by atoms with E-state index in [9.17, 15) is 14.7 Å². The van der Waals surface area contributed by atoms with E-state index in [1.54, 1.807) is 48.5 Å². The van der Waals surface area contributed by atoms with Crippen LogP contribution in [0.1, 0.15) is 40.0 Å². The number of benzene rings is 2. The second-order valence-electron chi connectivity index (χ2n) is 7.27. The molecule has 2 aromatic carbocycles. The number of rotatable bonds is 5. The molecule has 7 heteroatoms. The van der Waals surface area contributed by atoms with E-state index in [1.807, 2.05) is 0 Å². The highest BCUT2D eigenvalue weighted by molar-refractivity contribution is 6.09. The number of amides is 1. The molecule has 0 saturated carbocycles. The highest BCUT2D eigenvalue weighted by atomic mass is 16.5. The molecule has 2 heterocycles. The summed E-state index contributed by atoms with van der Waals surface area (Å²) < 4.78 is 5.24. The summed E-state index contributed by atoms with van der Waals surface area (Å²) in [7, 11) is 1.51. The first kappa shape index (κ1) is 19.7. The van der Waals surface area contributed by atoms with Crippen LogP contribution < -0.4 is 15.0 Å². The van der Waals surface area contributed by atoms with Crippen molar-refractivity contribution in [3.05, 3.63) is 59.7 Å². The number of hydrogen-bond acceptors (Lipinski definition) is 5. The predicted octanol–water partition coefficient (Wildman–Crippen LogP) is 4.18. The van der Waals surface area contributed by atoms with E-state index in [0.717, 1.165) is 25.9 Å². The summed E-state index contributed by atoms with van der Waals surface area (Å²) in [6.45, 7) is 1.76. The van der Waals surface area contributed by atoms with Crippen molar-refractivity contribution in [2.75, 3.05) is 30.4 Å². The molecule has 0 atom stereocenters. The number of aromatic nitrogens is 1. The minimum absolute atomic E-state index is 0.175. The van der Waals surface area contributed by atoms with Crippen molar-refractivity contribution in [3.63, 3.8) is 0 Å². The first-order valence-electron chi connectivity index (χ1n) is 9.94. The fraction of sp³-hybridized carbons (Fsp3) is 0.261. The zero-order valence-corrected chi connectivity index (χ0v) is 16.7. The fourth-order valence-corrected chi connectivity index (χ4v) is 3.78. The maximum Gasteiger partial charge on any atom is 0.336 e. The van der Waals surface area contributed by atoms with Crippen molar-refractivity contribution in [1.82, 2.24) is 4.98 Å². The molecule has 1 fully saturated rings. The van der Waals surface area contributed by atoms with Gasteiger partial charge in [0.2, 0.25) is 0 Å². The van der Waals surface area contributed by atoms with Gasteiger partial charge in [-0.25, -0.2) is 9.78 Å². The summed E-state index contributed by atoms with van der Waals surface area (Å²) in [5.41, 5.74) is 1.66. The summed E-state index contributed by atoms with van der Waals surface area (Å²) in [6.07, 6.45) is 3.34. The lowest BCUT2D eigenvalue weighted by molar-refractivity contribution is 0.0698. The summed E-state index contributed by atoms with van der Waals surface area (Å²) in [6, 6.07) is 13.7. The Kier molecular flexibility index (Phi) is 5.52. The maximum atomic E-state index is 12.7. The molecule has 154 valence electrons. The number of carbonyl (C=O) groups is 2. The van der Waals surface area contributed by atoms with Gasteiger partial charge >= 0.3 is 5.97 Å². The van der Waals surface area contributed by atoms with Crippen molar-refractivity contribution >= 4 is 34.3 Å². The fourth-order valence-electron chi connectivity index (χ4n) is 3.78. The lowest BCUT2D eigenvalue weighted by atomic mass is 10.1. The number of pyridine rings is 1. The molecule has 7 nitrogen and oxygen atoms in total. The molecule has 2 N–H and O–H groups in total. The Bertz CT molecular complexity index is 1110. The average Bonchev–Trinajstić information content (AvgIpc) is 2.78. The molecule has 0 aliphatic carbocycles. The smallest absolute Gasteiger partial charge is 0.336 e.